The highest BCUT2D eigenvalue weighted by Gasteiger charge is 2.12. The number of rotatable bonds is 43. The summed E-state index contributed by atoms with van der Waals surface area (Å²) < 4.78 is 0. The molecule has 342 valence electrons. The maximum absolute atomic E-state index is 5.48. The Balaban J connectivity index is 2.02. The minimum Gasteiger partial charge on any atom is -0.252 e. The van der Waals surface area contributed by atoms with Crippen molar-refractivity contribution in [3.8, 4) is 0 Å². The van der Waals surface area contributed by atoms with E-state index in [-0.39, 0.29) is 0 Å². The van der Waals surface area contributed by atoms with Gasteiger partial charge in [0.1, 0.15) is 0 Å². The minimum absolute atomic E-state index is 1.01. The van der Waals surface area contributed by atoms with E-state index in [0.29, 0.717) is 0 Å². The van der Waals surface area contributed by atoms with Crippen LogP contribution in [0.25, 0.3) is 0 Å². The number of aryl methyl sites for hydroxylation is 2. The monoisotopic (exact) mass is 825 g/mol. The standard InChI is InChI=1S/C58H100N2/c1-5-9-13-16-19-22-25-26-27-28-31-34-37-40-50-58(60-56-48-42-46-54(52-56)44-39-36-33-30-24-21-18-15-11-7-3)57(49-12-8-4)59-55-47-41-45-53(51-55)43-38-35-32-29-23-20-17-14-10-6-2/h41-42,45-48,51-52H,5-40,43-44,49-50H2,1-4H3. The van der Waals surface area contributed by atoms with Gasteiger partial charge in [-0.1, -0.05) is 257 Å². The molecule has 2 aromatic rings. The van der Waals surface area contributed by atoms with E-state index in [1.165, 1.54) is 247 Å². The van der Waals surface area contributed by atoms with Crippen molar-refractivity contribution in [2.45, 2.75) is 285 Å². The van der Waals surface area contributed by atoms with Crippen molar-refractivity contribution in [1.82, 2.24) is 0 Å². The molecular formula is C58H100N2. The smallest absolute Gasteiger partial charge is 0.0636 e. The highest BCUT2D eigenvalue weighted by molar-refractivity contribution is 6.43. The predicted octanol–water partition coefficient (Wildman–Crippen LogP) is 20.5. The lowest BCUT2D eigenvalue weighted by molar-refractivity contribution is 0.537. The molecule has 0 saturated heterocycles. The second-order valence-electron chi connectivity index (χ2n) is 18.8. The van der Waals surface area contributed by atoms with Gasteiger partial charge in [-0.05, 0) is 86.8 Å². The summed E-state index contributed by atoms with van der Waals surface area (Å²) in [7, 11) is 0. The van der Waals surface area contributed by atoms with Crippen molar-refractivity contribution in [2.75, 3.05) is 0 Å². The van der Waals surface area contributed by atoms with Crippen LogP contribution in [0.5, 0.6) is 0 Å². The van der Waals surface area contributed by atoms with E-state index < -0.39 is 0 Å². The first-order valence-electron chi connectivity index (χ1n) is 27.0. The van der Waals surface area contributed by atoms with Crippen LogP contribution in [0.3, 0.4) is 0 Å². The zero-order valence-electron chi connectivity index (χ0n) is 40.8. The molecule has 0 aromatic heterocycles. The summed E-state index contributed by atoms with van der Waals surface area (Å²) in [6.07, 6.45) is 53.9. The van der Waals surface area contributed by atoms with Crippen LogP contribution >= 0.6 is 0 Å². The van der Waals surface area contributed by atoms with E-state index in [2.05, 4.69) is 76.2 Å². The van der Waals surface area contributed by atoms with Crippen molar-refractivity contribution in [3.63, 3.8) is 0 Å². The topological polar surface area (TPSA) is 24.7 Å². The zero-order chi connectivity index (χ0) is 42.8. The summed E-state index contributed by atoms with van der Waals surface area (Å²) in [5, 5.41) is 0. The van der Waals surface area contributed by atoms with E-state index >= 15 is 0 Å². The Morgan fingerprint density at radius 3 is 0.883 bits per heavy atom. The van der Waals surface area contributed by atoms with Gasteiger partial charge < -0.3 is 0 Å². The number of aliphatic imine (C=N–C) groups is 2. The molecule has 0 aliphatic heterocycles. The van der Waals surface area contributed by atoms with Gasteiger partial charge in [0.05, 0.1) is 22.8 Å². The molecule has 0 aliphatic carbocycles. The van der Waals surface area contributed by atoms with Gasteiger partial charge in [-0.3, -0.25) is 9.98 Å². The molecule has 2 aromatic carbocycles. The van der Waals surface area contributed by atoms with E-state index in [4.69, 9.17) is 9.98 Å². The molecule has 0 saturated carbocycles. The average Bonchev–Trinajstić information content (AvgIpc) is 3.26. The lowest BCUT2D eigenvalue weighted by Crippen LogP contribution is -2.14. The van der Waals surface area contributed by atoms with Crippen LogP contribution in [0.1, 0.15) is 283 Å². The Bertz CT molecular complexity index is 1290. The van der Waals surface area contributed by atoms with Crippen LogP contribution in [0.15, 0.2) is 58.5 Å². The lowest BCUT2D eigenvalue weighted by atomic mass is 10.00. The third kappa shape index (κ3) is 30.8. The van der Waals surface area contributed by atoms with Gasteiger partial charge in [-0.2, -0.15) is 0 Å². The first-order valence-corrected chi connectivity index (χ1v) is 27.0. The van der Waals surface area contributed by atoms with Crippen molar-refractivity contribution in [2.24, 2.45) is 9.98 Å². The second kappa shape index (κ2) is 40.8. The molecule has 60 heavy (non-hydrogen) atoms. The Morgan fingerprint density at radius 2 is 0.567 bits per heavy atom. The number of nitrogens with zero attached hydrogens (tertiary/aromatic N) is 2. The van der Waals surface area contributed by atoms with Crippen LogP contribution in [0.4, 0.5) is 11.4 Å². The van der Waals surface area contributed by atoms with Gasteiger partial charge in [-0.25, -0.2) is 0 Å². The molecular weight excluding hydrogens is 725 g/mol. The van der Waals surface area contributed by atoms with Crippen LogP contribution in [0.2, 0.25) is 0 Å². The first kappa shape index (κ1) is 53.9. The lowest BCUT2D eigenvalue weighted by Gasteiger charge is -2.12. The van der Waals surface area contributed by atoms with Gasteiger partial charge in [0, 0.05) is 0 Å². The third-order valence-electron chi connectivity index (χ3n) is 12.9. The molecule has 0 unspecified atom stereocenters. The molecule has 2 rings (SSSR count). The fourth-order valence-corrected chi connectivity index (χ4v) is 8.87. The largest absolute Gasteiger partial charge is 0.252 e. The molecule has 0 atom stereocenters. The summed E-state index contributed by atoms with van der Waals surface area (Å²) in [6.45, 7) is 9.24. The number of hydrogen-bond acceptors (Lipinski definition) is 2. The Hall–Kier alpha value is -2.22. The molecule has 0 amide bonds. The maximum Gasteiger partial charge on any atom is 0.0636 e. The summed E-state index contributed by atoms with van der Waals surface area (Å²) in [5.41, 5.74) is 7.59. The van der Waals surface area contributed by atoms with Crippen molar-refractivity contribution < 1.29 is 0 Å². The van der Waals surface area contributed by atoms with Gasteiger partial charge in [0.15, 0.2) is 0 Å². The molecule has 2 nitrogen and oxygen atoms in total. The average molecular weight is 825 g/mol. The minimum atomic E-state index is 1.01. The Labute approximate surface area is 375 Å². The van der Waals surface area contributed by atoms with Gasteiger partial charge in [-0.15, -0.1) is 0 Å². The van der Waals surface area contributed by atoms with Gasteiger partial charge >= 0.3 is 0 Å². The summed E-state index contributed by atoms with van der Waals surface area (Å²) in [4.78, 5) is 10.9. The van der Waals surface area contributed by atoms with E-state index in [9.17, 15) is 0 Å². The Kier molecular flexibility index (Phi) is 36.7. The van der Waals surface area contributed by atoms with Crippen molar-refractivity contribution in [3.05, 3.63) is 59.7 Å². The quantitative estimate of drug-likeness (QED) is 0.0470. The van der Waals surface area contributed by atoms with Crippen molar-refractivity contribution in [1.29, 1.82) is 0 Å². The highest BCUT2D eigenvalue weighted by Crippen LogP contribution is 2.24. The normalized spacial score (nSPS) is 12.2. The molecule has 0 heterocycles. The van der Waals surface area contributed by atoms with E-state index in [1.54, 1.807) is 0 Å². The molecule has 0 bridgehead atoms. The fourth-order valence-electron chi connectivity index (χ4n) is 8.87. The van der Waals surface area contributed by atoms with E-state index in [1.807, 2.05) is 0 Å². The van der Waals surface area contributed by atoms with Gasteiger partial charge in [0.25, 0.3) is 0 Å². The summed E-state index contributed by atoms with van der Waals surface area (Å²) in [6, 6.07) is 18.3. The van der Waals surface area contributed by atoms with Crippen molar-refractivity contribution >= 4 is 22.8 Å². The Morgan fingerprint density at radius 1 is 0.300 bits per heavy atom. The highest BCUT2D eigenvalue weighted by atomic mass is 14.8. The summed E-state index contributed by atoms with van der Waals surface area (Å²) in [5.74, 6) is 0. The van der Waals surface area contributed by atoms with Crippen LogP contribution in [-0.2, 0) is 12.8 Å². The van der Waals surface area contributed by atoms with Crippen LogP contribution in [-0.4, -0.2) is 11.4 Å². The van der Waals surface area contributed by atoms with Crippen LogP contribution in [0, 0.1) is 0 Å². The fraction of sp³-hybridized carbons (Fsp3) is 0.759. The van der Waals surface area contributed by atoms with E-state index in [0.717, 1.165) is 43.5 Å². The molecule has 0 spiro atoms. The number of benzene rings is 2. The molecule has 0 N–H and O–H groups in total. The number of hydrogen-bond donors (Lipinski definition) is 0. The predicted molar refractivity (Wildman–Crippen MR) is 273 cm³/mol. The molecule has 2 heteroatoms. The first-order chi connectivity index (χ1) is 29.7. The number of unbranched alkanes of at least 4 members (excludes halogenated alkanes) is 32. The maximum atomic E-state index is 5.48. The second-order valence-corrected chi connectivity index (χ2v) is 18.8. The third-order valence-corrected chi connectivity index (χ3v) is 12.9. The zero-order valence-corrected chi connectivity index (χ0v) is 40.8. The molecule has 0 radical (unpaired) electrons. The SMILES string of the molecule is CCCCCCCCCCCCCCCCC(=Nc1cccc(CCCCCCCCCCCC)c1)C(CCCC)=Nc1cccc(CCCCCCCCCCCC)c1. The summed E-state index contributed by atoms with van der Waals surface area (Å²) >= 11 is 0. The van der Waals surface area contributed by atoms with Crippen LogP contribution < -0.4 is 0 Å². The molecule has 0 fully saturated rings. The molecule has 0 aliphatic rings. The van der Waals surface area contributed by atoms with Gasteiger partial charge in [0.2, 0.25) is 0 Å².